The van der Waals surface area contributed by atoms with E-state index in [9.17, 15) is 4.79 Å². The molecule has 184 valence electrons. The lowest BCUT2D eigenvalue weighted by molar-refractivity contribution is -0.000604. The standard InChI is InChI=1S/C30H32N4O2/c1-3-36-27-10-5-9-26(33-27)22-13-11-21(12-14-22)20(2)34-28-23(19-31-34)7-4-8-25(28)29(35)32-24-17-30(18-24)15-6-16-30/h4-5,7-14,19-20,24H,3,6,15-18H2,1-2H3,(H,32,35)/t20-/m0/s1. The summed E-state index contributed by atoms with van der Waals surface area (Å²) in [5.41, 5.74) is 5.14. The molecule has 2 aliphatic carbocycles. The molecule has 1 N–H and O–H groups in total. The van der Waals surface area contributed by atoms with E-state index < -0.39 is 0 Å². The Morgan fingerprint density at radius 2 is 1.89 bits per heavy atom. The molecule has 2 aliphatic rings. The van der Waals surface area contributed by atoms with Crippen molar-refractivity contribution in [2.45, 2.75) is 58.0 Å². The molecular weight excluding hydrogens is 448 g/mol. The third-order valence-electron chi connectivity index (χ3n) is 8.04. The molecule has 6 heteroatoms. The lowest BCUT2D eigenvalue weighted by Crippen LogP contribution is -2.53. The van der Waals surface area contributed by atoms with E-state index in [1.807, 2.05) is 54.2 Å². The maximum Gasteiger partial charge on any atom is 0.253 e. The number of carbonyl (C=O) groups excluding carboxylic acids is 1. The summed E-state index contributed by atoms with van der Waals surface area (Å²) in [6.45, 7) is 4.67. The molecule has 1 amide bonds. The van der Waals surface area contributed by atoms with E-state index >= 15 is 0 Å². The molecule has 36 heavy (non-hydrogen) atoms. The predicted molar refractivity (Wildman–Crippen MR) is 141 cm³/mol. The molecule has 2 heterocycles. The zero-order chi connectivity index (χ0) is 24.7. The van der Waals surface area contributed by atoms with Crippen LogP contribution in [0.3, 0.4) is 0 Å². The van der Waals surface area contributed by atoms with Gasteiger partial charge in [-0.25, -0.2) is 4.98 Å². The zero-order valence-electron chi connectivity index (χ0n) is 20.9. The predicted octanol–water partition coefficient (Wildman–Crippen LogP) is 6.17. The van der Waals surface area contributed by atoms with Crippen molar-refractivity contribution in [1.29, 1.82) is 0 Å². The molecule has 0 radical (unpaired) electrons. The van der Waals surface area contributed by atoms with Crippen molar-refractivity contribution >= 4 is 16.8 Å². The first kappa shape index (κ1) is 22.8. The molecule has 6 nitrogen and oxygen atoms in total. The average molecular weight is 481 g/mol. The molecule has 6 rings (SSSR count). The Kier molecular flexibility index (Phi) is 5.75. The van der Waals surface area contributed by atoms with E-state index in [-0.39, 0.29) is 11.9 Å². The van der Waals surface area contributed by atoms with Crippen LogP contribution >= 0.6 is 0 Å². The molecular formula is C30H32N4O2. The summed E-state index contributed by atoms with van der Waals surface area (Å²) >= 11 is 0. The number of hydrogen-bond donors (Lipinski definition) is 1. The third-order valence-corrected chi connectivity index (χ3v) is 8.04. The number of ether oxygens (including phenoxy) is 1. The molecule has 2 aromatic heterocycles. The lowest BCUT2D eigenvalue weighted by Gasteiger charge is -2.54. The molecule has 2 saturated carbocycles. The van der Waals surface area contributed by atoms with Crippen molar-refractivity contribution in [2.24, 2.45) is 5.41 Å². The Morgan fingerprint density at radius 1 is 1.11 bits per heavy atom. The number of nitrogens with zero attached hydrogens (tertiary/aromatic N) is 3. The van der Waals surface area contributed by atoms with Crippen LogP contribution in [0, 0.1) is 5.41 Å². The molecule has 2 fully saturated rings. The molecule has 0 aliphatic heterocycles. The Morgan fingerprint density at radius 3 is 2.61 bits per heavy atom. The minimum atomic E-state index is -0.0323. The normalized spacial score (nSPS) is 17.4. The molecule has 4 aromatic rings. The first-order valence-electron chi connectivity index (χ1n) is 13.0. The van der Waals surface area contributed by atoms with Crippen LogP contribution in [0.15, 0.2) is 66.9 Å². The largest absolute Gasteiger partial charge is 0.478 e. The summed E-state index contributed by atoms with van der Waals surface area (Å²) in [6.07, 6.45) is 8.09. The van der Waals surface area contributed by atoms with Crippen molar-refractivity contribution in [3.05, 3.63) is 78.0 Å². The van der Waals surface area contributed by atoms with Crippen molar-refractivity contribution < 1.29 is 9.53 Å². The van der Waals surface area contributed by atoms with Gasteiger partial charge in [-0.1, -0.05) is 48.9 Å². The molecule has 1 spiro atoms. The highest BCUT2D eigenvalue weighted by Crippen LogP contribution is 2.55. The Labute approximate surface area is 211 Å². The summed E-state index contributed by atoms with van der Waals surface area (Å²) in [5.74, 6) is 0.635. The van der Waals surface area contributed by atoms with Gasteiger partial charge in [0, 0.05) is 23.1 Å². The molecule has 1 atom stereocenters. The summed E-state index contributed by atoms with van der Waals surface area (Å²) in [5, 5.41) is 8.96. The summed E-state index contributed by atoms with van der Waals surface area (Å²) in [6, 6.07) is 20.3. The Hall–Kier alpha value is -3.67. The summed E-state index contributed by atoms with van der Waals surface area (Å²) < 4.78 is 7.52. The maximum absolute atomic E-state index is 13.3. The quantitative estimate of drug-likeness (QED) is 0.343. The number of amides is 1. The smallest absolute Gasteiger partial charge is 0.253 e. The van der Waals surface area contributed by atoms with Gasteiger partial charge in [0.05, 0.1) is 35.6 Å². The molecule has 0 bridgehead atoms. The van der Waals surface area contributed by atoms with Gasteiger partial charge in [-0.05, 0) is 62.6 Å². The van der Waals surface area contributed by atoms with Gasteiger partial charge in [0.25, 0.3) is 5.91 Å². The molecule has 2 aromatic carbocycles. The first-order chi connectivity index (χ1) is 17.5. The van der Waals surface area contributed by atoms with E-state index in [4.69, 9.17) is 9.84 Å². The van der Waals surface area contributed by atoms with Gasteiger partial charge in [0.1, 0.15) is 0 Å². The number of fused-ring (bicyclic) bond motifs is 1. The molecule has 0 saturated heterocycles. The molecule has 0 unspecified atom stereocenters. The monoisotopic (exact) mass is 480 g/mol. The zero-order valence-corrected chi connectivity index (χ0v) is 20.9. The lowest BCUT2D eigenvalue weighted by atomic mass is 9.54. The highest BCUT2D eigenvalue weighted by molar-refractivity contribution is 6.05. The van der Waals surface area contributed by atoms with E-state index in [1.54, 1.807) is 0 Å². The second-order valence-electron chi connectivity index (χ2n) is 10.4. The van der Waals surface area contributed by atoms with Crippen molar-refractivity contribution in [2.75, 3.05) is 6.61 Å². The van der Waals surface area contributed by atoms with Crippen molar-refractivity contribution in [3.63, 3.8) is 0 Å². The maximum atomic E-state index is 13.3. The highest BCUT2D eigenvalue weighted by Gasteiger charge is 2.48. The fourth-order valence-corrected chi connectivity index (χ4v) is 5.89. The summed E-state index contributed by atoms with van der Waals surface area (Å²) in [4.78, 5) is 17.9. The van der Waals surface area contributed by atoms with Crippen LogP contribution < -0.4 is 10.1 Å². The number of benzene rings is 2. The average Bonchev–Trinajstić information content (AvgIpc) is 3.29. The minimum Gasteiger partial charge on any atom is -0.478 e. The first-order valence-corrected chi connectivity index (χ1v) is 13.0. The Balaban J connectivity index is 1.24. The fourth-order valence-electron chi connectivity index (χ4n) is 5.89. The van der Waals surface area contributed by atoms with Crippen LogP contribution in [-0.2, 0) is 0 Å². The van der Waals surface area contributed by atoms with Crippen LogP contribution in [-0.4, -0.2) is 33.3 Å². The van der Waals surface area contributed by atoms with E-state index in [2.05, 4.69) is 41.5 Å². The van der Waals surface area contributed by atoms with Gasteiger partial charge < -0.3 is 10.1 Å². The SMILES string of the molecule is CCOc1cccc(-c2ccc([C@H](C)n3ncc4cccc(C(=O)NC5CC6(CCC6)C5)c43)cc2)n1. The van der Waals surface area contributed by atoms with Crippen molar-refractivity contribution in [3.8, 4) is 17.1 Å². The van der Waals surface area contributed by atoms with Gasteiger partial charge in [-0.3, -0.25) is 9.48 Å². The van der Waals surface area contributed by atoms with Gasteiger partial charge >= 0.3 is 0 Å². The number of pyridine rings is 1. The number of aromatic nitrogens is 3. The summed E-state index contributed by atoms with van der Waals surface area (Å²) in [7, 11) is 0. The van der Waals surface area contributed by atoms with Crippen LogP contribution in [0.4, 0.5) is 0 Å². The van der Waals surface area contributed by atoms with Crippen LogP contribution in [0.25, 0.3) is 22.2 Å². The minimum absolute atomic E-state index is 0.00401. The van der Waals surface area contributed by atoms with Crippen LogP contribution in [0.2, 0.25) is 0 Å². The van der Waals surface area contributed by atoms with E-state index in [0.29, 0.717) is 29.5 Å². The number of carbonyl (C=O) groups is 1. The van der Waals surface area contributed by atoms with E-state index in [1.165, 1.54) is 19.3 Å². The van der Waals surface area contributed by atoms with Gasteiger partial charge in [0.2, 0.25) is 5.88 Å². The van der Waals surface area contributed by atoms with E-state index in [0.717, 1.165) is 40.6 Å². The van der Waals surface area contributed by atoms with Crippen LogP contribution in [0.5, 0.6) is 5.88 Å². The van der Waals surface area contributed by atoms with Gasteiger partial charge in [-0.2, -0.15) is 5.10 Å². The number of nitrogens with one attached hydrogen (secondary N) is 1. The highest BCUT2D eigenvalue weighted by atomic mass is 16.5. The van der Waals surface area contributed by atoms with Gasteiger partial charge in [-0.15, -0.1) is 0 Å². The second kappa shape index (κ2) is 9.08. The van der Waals surface area contributed by atoms with Crippen LogP contribution in [0.1, 0.15) is 67.9 Å². The second-order valence-corrected chi connectivity index (χ2v) is 10.4. The number of para-hydroxylation sites is 1. The topological polar surface area (TPSA) is 69.0 Å². The fraction of sp³-hybridized carbons (Fsp3) is 0.367. The third kappa shape index (κ3) is 4.04. The Bertz CT molecular complexity index is 1400. The number of hydrogen-bond acceptors (Lipinski definition) is 4. The number of rotatable bonds is 7. The van der Waals surface area contributed by atoms with Gasteiger partial charge in [0.15, 0.2) is 0 Å². The van der Waals surface area contributed by atoms with Crippen molar-refractivity contribution in [1.82, 2.24) is 20.1 Å².